The smallest absolute Gasteiger partial charge is 0.312 e. The van der Waals surface area contributed by atoms with E-state index in [2.05, 4.69) is 13.2 Å². The number of hydrogen-bond donors (Lipinski definition) is 1. The number of likely N-dealkylation sites (tertiary alicyclic amines) is 1. The fourth-order valence-corrected chi connectivity index (χ4v) is 6.56. The molecule has 4 rings (SSSR count). The number of hydrogen-bond acceptors (Lipinski definition) is 7. The summed E-state index contributed by atoms with van der Waals surface area (Å²) in [5.74, 6) is -2.19. The van der Waals surface area contributed by atoms with Gasteiger partial charge in [0.15, 0.2) is 0 Å². The maximum absolute atomic E-state index is 14.3. The highest BCUT2D eigenvalue weighted by Crippen LogP contribution is 2.64. The van der Waals surface area contributed by atoms with Gasteiger partial charge in [-0.15, -0.1) is 13.2 Å². The number of unbranched alkanes of at least 4 members (excludes halogenated alkanes) is 1. The van der Waals surface area contributed by atoms with Crippen LogP contribution in [0.1, 0.15) is 39.0 Å². The van der Waals surface area contributed by atoms with Gasteiger partial charge in [0.2, 0.25) is 5.91 Å². The number of benzene rings is 1. The Hall–Kier alpha value is -3.17. The Morgan fingerprint density at radius 2 is 1.97 bits per heavy atom. The number of methoxy groups -OCH3 is 1. The van der Waals surface area contributed by atoms with Gasteiger partial charge in [-0.05, 0) is 56.4 Å². The number of allylic oxidation sites excluding steroid dienone is 1. The van der Waals surface area contributed by atoms with Crippen molar-refractivity contribution in [1.29, 1.82) is 0 Å². The van der Waals surface area contributed by atoms with Crippen molar-refractivity contribution in [2.24, 2.45) is 11.8 Å². The summed E-state index contributed by atoms with van der Waals surface area (Å²) in [6.07, 6.45) is 6.25. The summed E-state index contributed by atoms with van der Waals surface area (Å²) in [6, 6.07) is 6.06. The van der Waals surface area contributed by atoms with Gasteiger partial charge in [0, 0.05) is 18.8 Å². The molecule has 5 atom stereocenters. The van der Waals surface area contributed by atoms with Crippen molar-refractivity contribution in [2.75, 3.05) is 38.3 Å². The lowest BCUT2D eigenvalue weighted by Gasteiger charge is -2.36. The average molecular weight is 527 g/mol. The highest BCUT2D eigenvalue weighted by Gasteiger charge is 2.79. The van der Waals surface area contributed by atoms with Crippen LogP contribution in [0.15, 0.2) is 49.6 Å². The number of amides is 2. The third-order valence-corrected chi connectivity index (χ3v) is 8.27. The standard InChI is InChI=1S/C29H38N2O7/c1-5-8-9-19-37-27(35)23-22-25(33)31(17-18-32)24(29(22)15-14-28(23,7-3)38-29)26(34)30(16-6-2)20-10-12-21(36-4)13-11-20/h5-6,10-13,22-24,32H,1-2,7-9,14-19H2,3-4H3/t22-,23+,24?,28-,29?/m0/s1. The summed E-state index contributed by atoms with van der Waals surface area (Å²) in [6.45, 7) is 9.51. The number of β-amino-alcohol motifs (C(OH)–C–C–N with tert-alkyl or cyclic N) is 1. The highest BCUT2D eigenvalue weighted by molar-refractivity contribution is 6.04. The molecule has 3 fully saturated rings. The molecular weight excluding hydrogens is 488 g/mol. The van der Waals surface area contributed by atoms with Crippen LogP contribution in [0.25, 0.3) is 0 Å². The molecule has 2 amide bonds. The lowest BCUT2D eigenvalue weighted by molar-refractivity contribution is -0.161. The molecule has 1 N–H and O–H groups in total. The Labute approximate surface area is 224 Å². The van der Waals surface area contributed by atoms with E-state index in [0.29, 0.717) is 43.5 Å². The molecule has 3 saturated heterocycles. The first kappa shape index (κ1) is 27.9. The molecular formula is C29H38N2O7. The van der Waals surface area contributed by atoms with Crippen LogP contribution in [-0.4, -0.2) is 78.4 Å². The van der Waals surface area contributed by atoms with Crippen LogP contribution < -0.4 is 9.64 Å². The summed E-state index contributed by atoms with van der Waals surface area (Å²) in [4.78, 5) is 44.7. The van der Waals surface area contributed by atoms with Crippen LogP contribution >= 0.6 is 0 Å². The summed E-state index contributed by atoms with van der Waals surface area (Å²) in [5, 5.41) is 9.84. The molecule has 0 radical (unpaired) electrons. The van der Waals surface area contributed by atoms with Crippen LogP contribution in [0, 0.1) is 11.8 Å². The zero-order valence-corrected chi connectivity index (χ0v) is 22.3. The van der Waals surface area contributed by atoms with Gasteiger partial charge in [-0.25, -0.2) is 0 Å². The number of anilines is 1. The first-order valence-electron chi connectivity index (χ1n) is 13.3. The lowest BCUT2D eigenvalue weighted by Crippen LogP contribution is -2.56. The molecule has 1 aromatic rings. The minimum atomic E-state index is -1.18. The van der Waals surface area contributed by atoms with Crippen molar-refractivity contribution >= 4 is 23.5 Å². The predicted octanol–water partition coefficient (Wildman–Crippen LogP) is 2.87. The Morgan fingerprint density at radius 1 is 1.24 bits per heavy atom. The van der Waals surface area contributed by atoms with Crippen molar-refractivity contribution in [3.63, 3.8) is 0 Å². The molecule has 3 aliphatic rings. The van der Waals surface area contributed by atoms with Crippen molar-refractivity contribution in [1.82, 2.24) is 4.90 Å². The number of carbonyl (C=O) groups excluding carboxylic acids is 3. The Bertz CT molecular complexity index is 1070. The van der Waals surface area contributed by atoms with Gasteiger partial charge in [-0.3, -0.25) is 14.4 Å². The maximum Gasteiger partial charge on any atom is 0.312 e. The molecule has 3 aliphatic heterocycles. The molecule has 206 valence electrons. The molecule has 1 aromatic carbocycles. The second-order valence-corrected chi connectivity index (χ2v) is 10.1. The lowest BCUT2D eigenvalue weighted by atomic mass is 9.65. The quantitative estimate of drug-likeness (QED) is 0.239. The molecule has 38 heavy (non-hydrogen) atoms. The van der Waals surface area contributed by atoms with Crippen molar-refractivity contribution < 1.29 is 33.7 Å². The van der Waals surface area contributed by atoms with Crippen LogP contribution in [0.3, 0.4) is 0 Å². The minimum absolute atomic E-state index is 0.0401. The highest BCUT2D eigenvalue weighted by atomic mass is 16.6. The van der Waals surface area contributed by atoms with Crippen LogP contribution in [0.5, 0.6) is 5.75 Å². The van der Waals surface area contributed by atoms with Crippen LogP contribution in [0.4, 0.5) is 5.69 Å². The second-order valence-electron chi connectivity index (χ2n) is 10.1. The normalized spacial score (nSPS) is 29.2. The number of esters is 1. The first-order valence-corrected chi connectivity index (χ1v) is 13.3. The van der Waals surface area contributed by atoms with Crippen molar-refractivity contribution in [3.05, 3.63) is 49.6 Å². The Kier molecular flexibility index (Phi) is 8.28. The predicted molar refractivity (Wildman–Crippen MR) is 142 cm³/mol. The number of ether oxygens (including phenoxy) is 3. The topological polar surface area (TPSA) is 106 Å². The fraction of sp³-hybridized carbons (Fsp3) is 0.552. The zero-order chi connectivity index (χ0) is 27.5. The molecule has 2 bridgehead atoms. The molecule has 0 aliphatic carbocycles. The van der Waals surface area contributed by atoms with E-state index in [9.17, 15) is 19.5 Å². The number of aliphatic hydroxyl groups excluding tert-OH is 1. The number of rotatable bonds is 13. The second kappa shape index (κ2) is 11.3. The zero-order valence-electron chi connectivity index (χ0n) is 22.3. The van der Waals surface area contributed by atoms with Crippen LogP contribution in [0.2, 0.25) is 0 Å². The molecule has 2 unspecified atom stereocenters. The van der Waals surface area contributed by atoms with Gasteiger partial charge in [-0.1, -0.05) is 19.1 Å². The molecule has 0 saturated carbocycles. The van der Waals surface area contributed by atoms with Gasteiger partial charge in [0.1, 0.15) is 23.3 Å². The minimum Gasteiger partial charge on any atom is -0.497 e. The largest absolute Gasteiger partial charge is 0.497 e. The van der Waals surface area contributed by atoms with E-state index in [4.69, 9.17) is 14.2 Å². The first-order chi connectivity index (χ1) is 18.3. The monoisotopic (exact) mass is 526 g/mol. The third-order valence-electron chi connectivity index (χ3n) is 8.27. The van der Waals surface area contributed by atoms with E-state index in [1.54, 1.807) is 48.4 Å². The van der Waals surface area contributed by atoms with Gasteiger partial charge >= 0.3 is 5.97 Å². The fourth-order valence-electron chi connectivity index (χ4n) is 6.56. The van der Waals surface area contributed by atoms with E-state index in [-0.39, 0.29) is 38.1 Å². The molecule has 9 nitrogen and oxygen atoms in total. The van der Waals surface area contributed by atoms with Gasteiger partial charge in [0.25, 0.3) is 5.91 Å². The number of carbonyl (C=O) groups is 3. The average Bonchev–Trinajstić information content (AvgIpc) is 3.53. The summed E-state index contributed by atoms with van der Waals surface area (Å²) in [5.41, 5.74) is -1.44. The Balaban J connectivity index is 1.72. The molecule has 1 spiro atoms. The Morgan fingerprint density at radius 3 is 2.58 bits per heavy atom. The van der Waals surface area contributed by atoms with E-state index >= 15 is 0 Å². The number of fused-ring (bicyclic) bond motifs is 1. The molecule has 0 aromatic heterocycles. The van der Waals surface area contributed by atoms with Gasteiger partial charge < -0.3 is 29.1 Å². The number of nitrogens with zero attached hydrogens (tertiary/aromatic N) is 2. The summed E-state index contributed by atoms with van der Waals surface area (Å²) < 4.78 is 17.6. The van der Waals surface area contributed by atoms with E-state index in [1.165, 1.54) is 4.90 Å². The van der Waals surface area contributed by atoms with E-state index in [0.717, 1.165) is 0 Å². The molecule has 9 heteroatoms. The third kappa shape index (κ3) is 4.41. The van der Waals surface area contributed by atoms with E-state index < -0.39 is 35.0 Å². The van der Waals surface area contributed by atoms with Crippen LogP contribution in [-0.2, 0) is 23.9 Å². The number of aliphatic hydroxyl groups is 1. The van der Waals surface area contributed by atoms with Gasteiger partial charge in [0.05, 0.1) is 31.8 Å². The summed E-state index contributed by atoms with van der Waals surface area (Å²) >= 11 is 0. The maximum atomic E-state index is 14.3. The molecule has 3 heterocycles. The summed E-state index contributed by atoms with van der Waals surface area (Å²) in [7, 11) is 1.57. The SMILES string of the molecule is C=CCCCOC(=O)[C@H]1[C@H]2C(=O)N(CCO)C(C(=O)N(CC=C)c3ccc(OC)cc3)C23CC[C@]1(CC)O3. The van der Waals surface area contributed by atoms with Crippen molar-refractivity contribution in [3.8, 4) is 5.75 Å². The van der Waals surface area contributed by atoms with Gasteiger partial charge in [-0.2, -0.15) is 0 Å². The van der Waals surface area contributed by atoms with E-state index in [1.807, 2.05) is 6.92 Å². The van der Waals surface area contributed by atoms with Crippen molar-refractivity contribution in [2.45, 2.75) is 56.3 Å².